The van der Waals surface area contributed by atoms with Crippen LogP contribution >= 0.6 is 0 Å². The molecule has 4 rings (SSSR count). The van der Waals surface area contributed by atoms with Crippen molar-refractivity contribution in [2.45, 2.75) is 12.8 Å². The summed E-state index contributed by atoms with van der Waals surface area (Å²) in [4.78, 5) is 25.5. The number of carbonyl (C=O) groups is 2. The molecule has 0 fully saturated rings. The Morgan fingerprint density at radius 3 is 2.00 bits per heavy atom. The molecular weight excluding hydrogens is 344 g/mol. The van der Waals surface area contributed by atoms with Crippen LogP contribution in [0.25, 0.3) is 12.2 Å². The summed E-state index contributed by atoms with van der Waals surface area (Å²) in [6.45, 7) is 3.76. The molecule has 0 radical (unpaired) electrons. The van der Waals surface area contributed by atoms with Gasteiger partial charge in [-0.25, -0.2) is 0 Å². The van der Waals surface area contributed by atoms with Crippen molar-refractivity contribution in [1.82, 2.24) is 0 Å². The Balaban J connectivity index is 1.48. The smallest absolute Gasteiger partial charge is 0.194 e. The van der Waals surface area contributed by atoms with Crippen LogP contribution in [0.2, 0.25) is 0 Å². The molecule has 3 aromatic carbocycles. The topological polar surface area (TPSA) is 34.1 Å². The molecule has 2 nitrogen and oxygen atoms in total. The van der Waals surface area contributed by atoms with E-state index in [2.05, 4.69) is 30.9 Å². The van der Waals surface area contributed by atoms with Gasteiger partial charge in [-0.05, 0) is 35.6 Å². The molecule has 136 valence electrons. The molecule has 2 heteroatoms. The summed E-state index contributed by atoms with van der Waals surface area (Å²) in [6, 6.07) is 20.9. The lowest BCUT2D eigenvalue weighted by atomic mass is 9.83. The minimum Gasteiger partial charge on any atom is -0.289 e. The Morgan fingerprint density at radius 1 is 0.714 bits per heavy atom. The number of aryl methyl sites for hydroxylation is 1. The van der Waals surface area contributed by atoms with E-state index in [1.165, 1.54) is 0 Å². The molecule has 0 spiro atoms. The normalized spacial score (nSPS) is 12.7. The second-order valence-corrected chi connectivity index (χ2v) is 6.90. The van der Waals surface area contributed by atoms with Crippen molar-refractivity contribution >= 4 is 23.7 Å². The highest BCUT2D eigenvalue weighted by Gasteiger charge is 2.29. The van der Waals surface area contributed by atoms with Crippen molar-refractivity contribution in [3.05, 3.63) is 118 Å². The lowest BCUT2D eigenvalue weighted by Crippen LogP contribution is -2.20. The van der Waals surface area contributed by atoms with E-state index < -0.39 is 0 Å². The molecule has 28 heavy (non-hydrogen) atoms. The first-order valence-corrected chi connectivity index (χ1v) is 9.38. The van der Waals surface area contributed by atoms with Crippen molar-refractivity contribution < 1.29 is 9.59 Å². The average molecular weight is 364 g/mol. The maximum Gasteiger partial charge on any atom is 0.194 e. The number of fused-ring (bicyclic) bond motifs is 2. The third kappa shape index (κ3) is 3.37. The van der Waals surface area contributed by atoms with Gasteiger partial charge in [-0.3, -0.25) is 9.59 Å². The summed E-state index contributed by atoms with van der Waals surface area (Å²) >= 11 is 0. The zero-order valence-corrected chi connectivity index (χ0v) is 15.5. The Kier molecular flexibility index (Phi) is 4.86. The summed E-state index contributed by atoms with van der Waals surface area (Å²) < 4.78 is 0. The highest BCUT2D eigenvalue weighted by Crippen LogP contribution is 2.28. The average Bonchev–Trinajstić information content (AvgIpc) is 2.75. The lowest BCUT2D eigenvalue weighted by molar-refractivity contribution is 0.0979. The summed E-state index contributed by atoms with van der Waals surface area (Å²) in [5.41, 5.74) is 5.33. The highest BCUT2D eigenvalue weighted by atomic mass is 16.1. The minimum atomic E-state index is -0.0698. The van der Waals surface area contributed by atoms with Crippen LogP contribution < -0.4 is 0 Å². The van der Waals surface area contributed by atoms with E-state index in [4.69, 9.17) is 0 Å². The molecule has 0 saturated carbocycles. The van der Waals surface area contributed by atoms with Crippen LogP contribution in [-0.2, 0) is 6.42 Å². The van der Waals surface area contributed by atoms with Gasteiger partial charge in [0.15, 0.2) is 11.6 Å². The number of benzene rings is 3. The predicted octanol–water partition coefficient (Wildman–Crippen LogP) is 5.75. The van der Waals surface area contributed by atoms with E-state index in [1.807, 2.05) is 30.3 Å². The highest BCUT2D eigenvalue weighted by molar-refractivity contribution is 6.28. The zero-order valence-electron chi connectivity index (χ0n) is 15.5. The van der Waals surface area contributed by atoms with Crippen LogP contribution in [0.3, 0.4) is 0 Å². The third-order valence-electron chi connectivity index (χ3n) is 5.07. The Hall–Kier alpha value is -3.52. The van der Waals surface area contributed by atoms with E-state index in [9.17, 15) is 9.59 Å². The van der Waals surface area contributed by atoms with Crippen molar-refractivity contribution in [2.24, 2.45) is 0 Å². The maximum absolute atomic E-state index is 12.8. The molecule has 0 atom stereocenters. The van der Waals surface area contributed by atoms with Crippen LogP contribution in [0, 0.1) is 0 Å². The fourth-order valence-corrected chi connectivity index (χ4v) is 3.51. The van der Waals surface area contributed by atoms with E-state index >= 15 is 0 Å². The lowest BCUT2D eigenvalue weighted by Gasteiger charge is -2.17. The second-order valence-electron chi connectivity index (χ2n) is 6.90. The maximum atomic E-state index is 12.8. The molecule has 0 heterocycles. The number of hydrogen-bond acceptors (Lipinski definition) is 2. The number of carbonyl (C=O) groups excluding carboxylic acids is 2. The first-order chi connectivity index (χ1) is 13.7. The number of hydrogen-bond donors (Lipinski definition) is 0. The van der Waals surface area contributed by atoms with Gasteiger partial charge in [0.05, 0.1) is 0 Å². The Labute approximate surface area is 164 Å². The molecule has 0 amide bonds. The van der Waals surface area contributed by atoms with Crippen molar-refractivity contribution in [3.8, 4) is 0 Å². The van der Waals surface area contributed by atoms with E-state index in [0.29, 0.717) is 22.3 Å². The van der Waals surface area contributed by atoms with Crippen LogP contribution in [0.1, 0.15) is 55.0 Å². The van der Waals surface area contributed by atoms with Gasteiger partial charge in [0.1, 0.15) is 0 Å². The molecule has 0 N–H and O–H groups in total. The summed E-state index contributed by atoms with van der Waals surface area (Å²) in [6.07, 6.45) is 7.73. The van der Waals surface area contributed by atoms with Gasteiger partial charge in [-0.2, -0.15) is 0 Å². The quantitative estimate of drug-likeness (QED) is 0.452. The van der Waals surface area contributed by atoms with Gasteiger partial charge in [0, 0.05) is 22.3 Å². The summed E-state index contributed by atoms with van der Waals surface area (Å²) in [5, 5.41) is 0. The van der Waals surface area contributed by atoms with Gasteiger partial charge >= 0.3 is 0 Å². The van der Waals surface area contributed by atoms with Gasteiger partial charge in [0.2, 0.25) is 0 Å². The molecule has 0 aliphatic heterocycles. The van der Waals surface area contributed by atoms with Crippen molar-refractivity contribution in [1.29, 1.82) is 0 Å². The number of ketones is 2. The van der Waals surface area contributed by atoms with Gasteiger partial charge in [-0.1, -0.05) is 85.5 Å². The van der Waals surface area contributed by atoms with E-state index in [0.717, 1.165) is 29.5 Å². The predicted molar refractivity (Wildman–Crippen MR) is 114 cm³/mol. The van der Waals surface area contributed by atoms with Crippen molar-refractivity contribution in [3.63, 3.8) is 0 Å². The van der Waals surface area contributed by atoms with Crippen LogP contribution in [0.4, 0.5) is 0 Å². The number of allylic oxidation sites excluding steroid dienone is 1. The SMILES string of the molecule is C=Cc1ccc(C=CCCc2ccc3c(c2)C(=O)c2ccccc2C3=O)cc1. The van der Waals surface area contributed by atoms with E-state index in [-0.39, 0.29) is 11.6 Å². The molecule has 1 aliphatic rings. The molecular formula is C26H20O2. The fraction of sp³-hybridized carbons (Fsp3) is 0.0769. The van der Waals surface area contributed by atoms with Gasteiger partial charge in [0.25, 0.3) is 0 Å². The number of rotatable bonds is 5. The molecule has 0 saturated heterocycles. The van der Waals surface area contributed by atoms with Crippen molar-refractivity contribution in [2.75, 3.05) is 0 Å². The fourth-order valence-electron chi connectivity index (χ4n) is 3.51. The zero-order chi connectivity index (χ0) is 19.5. The minimum absolute atomic E-state index is 0.0649. The standard InChI is InChI=1S/C26H20O2/c1-2-18-11-13-19(14-12-18)7-3-4-8-20-15-16-23-24(17-20)26(28)22-10-6-5-9-21(22)25(23)27/h2-3,5-7,9-17H,1,4,8H2. The Morgan fingerprint density at radius 2 is 1.32 bits per heavy atom. The summed E-state index contributed by atoms with van der Waals surface area (Å²) in [7, 11) is 0. The first-order valence-electron chi connectivity index (χ1n) is 9.38. The Bertz CT molecular complexity index is 1100. The first kappa shape index (κ1) is 17.9. The molecule has 1 aliphatic carbocycles. The van der Waals surface area contributed by atoms with E-state index in [1.54, 1.807) is 30.3 Å². The molecule has 3 aromatic rings. The largest absolute Gasteiger partial charge is 0.289 e. The molecule has 0 aromatic heterocycles. The second kappa shape index (κ2) is 7.61. The van der Waals surface area contributed by atoms with Crippen LogP contribution in [0.5, 0.6) is 0 Å². The van der Waals surface area contributed by atoms with Gasteiger partial charge < -0.3 is 0 Å². The third-order valence-corrected chi connectivity index (χ3v) is 5.07. The van der Waals surface area contributed by atoms with Crippen LogP contribution in [-0.4, -0.2) is 11.6 Å². The molecule has 0 bridgehead atoms. The van der Waals surface area contributed by atoms with Crippen LogP contribution in [0.15, 0.2) is 79.4 Å². The monoisotopic (exact) mass is 364 g/mol. The molecule has 0 unspecified atom stereocenters. The van der Waals surface area contributed by atoms with Gasteiger partial charge in [-0.15, -0.1) is 0 Å². The summed E-state index contributed by atoms with van der Waals surface area (Å²) in [5.74, 6) is -0.135.